The van der Waals surface area contributed by atoms with Crippen LogP contribution in [0.4, 0.5) is 28.0 Å². The van der Waals surface area contributed by atoms with E-state index in [0.29, 0.717) is 41.9 Å². The average Bonchev–Trinajstić information content (AvgIpc) is 3.39. The van der Waals surface area contributed by atoms with Gasteiger partial charge in [0.2, 0.25) is 0 Å². The van der Waals surface area contributed by atoms with Crippen LogP contribution in [0.15, 0.2) is 48.7 Å². The number of H-pyrrole nitrogens is 1. The number of hydrogen-bond donors (Lipinski definition) is 2. The normalized spacial score (nSPS) is 17.8. The molecular formula is C33H36F4N6O2. The average molecular weight is 625 g/mol. The van der Waals surface area contributed by atoms with Crippen LogP contribution in [0.1, 0.15) is 47.8 Å². The van der Waals surface area contributed by atoms with Crippen LogP contribution in [-0.4, -0.2) is 70.0 Å². The molecule has 0 radical (unpaired) electrons. The zero-order chi connectivity index (χ0) is 31.9. The lowest BCUT2D eigenvalue weighted by molar-refractivity contribution is -0.138. The van der Waals surface area contributed by atoms with Crippen LogP contribution in [0.3, 0.4) is 0 Å². The molecule has 45 heavy (non-hydrogen) atoms. The van der Waals surface area contributed by atoms with Crippen molar-refractivity contribution in [2.45, 2.75) is 46.0 Å². The van der Waals surface area contributed by atoms with Gasteiger partial charge in [0.25, 0.3) is 0 Å². The second-order valence-corrected chi connectivity index (χ2v) is 11.7. The third-order valence-corrected chi connectivity index (χ3v) is 8.81. The Kier molecular flexibility index (Phi) is 8.45. The van der Waals surface area contributed by atoms with Crippen LogP contribution in [0.2, 0.25) is 0 Å². The van der Waals surface area contributed by atoms with Crippen molar-refractivity contribution < 1.29 is 27.1 Å². The standard InChI is InChI=1S/C33H36F4N6O2/c1-4-41-11-13-42(14-12-41)19-23-5-6-24(17-27(23)33(35,36)37)40-32(44)43-10-8-22-16-28(34)30(18-25(22)21(43)3)45-29-7-9-38-31-26(29)15-20(2)39-31/h5-7,9,15-18,21H,4,8,10-14,19H2,1-3H3,(H,38,39)(H,40,44). The van der Waals surface area contributed by atoms with Crippen molar-refractivity contribution in [3.8, 4) is 11.5 Å². The van der Waals surface area contributed by atoms with Crippen molar-refractivity contribution in [1.29, 1.82) is 0 Å². The number of piperazine rings is 1. The molecule has 1 fully saturated rings. The molecule has 2 N–H and O–H groups in total. The van der Waals surface area contributed by atoms with Crippen molar-refractivity contribution in [3.05, 3.63) is 82.4 Å². The van der Waals surface area contributed by atoms with Crippen molar-refractivity contribution in [2.24, 2.45) is 0 Å². The molecule has 2 aliphatic heterocycles. The van der Waals surface area contributed by atoms with Gasteiger partial charge in [0.1, 0.15) is 11.4 Å². The number of ether oxygens (including phenoxy) is 1. The molecule has 2 aromatic carbocycles. The number of rotatable bonds is 6. The summed E-state index contributed by atoms with van der Waals surface area (Å²) < 4.78 is 63.6. The number of aryl methyl sites for hydroxylation is 1. The quantitative estimate of drug-likeness (QED) is 0.224. The summed E-state index contributed by atoms with van der Waals surface area (Å²) in [5.74, 6) is -0.0767. The molecule has 8 nitrogen and oxygen atoms in total. The van der Waals surface area contributed by atoms with Crippen molar-refractivity contribution >= 4 is 22.8 Å². The minimum absolute atomic E-state index is 0.00993. The van der Waals surface area contributed by atoms with Gasteiger partial charge >= 0.3 is 12.2 Å². The van der Waals surface area contributed by atoms with E-state index in [1.165, 1.54) is 18.2 Å². The number of aromatic amines is 1. The summed E-state index contributed by atoms with van der Waals surface area (Å²) in [5.41, 5.74) is 2.46. The second-order valence-electron chi connectivity index (χ2n) is 11.7. The molecule has 4 aromatic rings. The Morgan fingerprint density at radius 2 is 1.80 bits per heavy atom. The molecule has 238 valence electrons. The van der Waals surface area contributed by atoms with E-state index in [1.807, 2.05) is 24.8 Å². The number of alkyl halides is 3. The van der Waals surface area contributed by atoms with E-state index in [1.54, 1.807) is 23.2 Å². The fourth-order valence-corrected chi connectivity index (χ4v) is 6.27. The first-order valence-electron chi connectivity index (χ1n) is 15.2. The minimum Gasteiger partial charge on any atom is -0.453 e. The number of carbonyl (C=O) groups is 1. The highest BCUT2D eigenvalue weighted by atomic mass is 19.4. The second kappa shape index (κ2) is 12.3. The first-order valence-corrected chi connectivity index (χ1v) is 15.2. The number of benzene rings is 2. The number of carbonyl (C=O) groups excluding carboxylic acids is 1. The summed E-state index contributed by atoms with van der Waals surface area (Å²) in [7, 11) is 0. The third kappa shape index (κ3) is 6.48. The summed E-state index contributed by atoms with van der Waals surface area (Å²) in [6.45, 7) is 10.2. The number of aromatic nitrogens is 2. The number of pyridine rings is 1. The molecule has 1 saturated heterocycles. The summed E-state index contributed by atoms with van der Waals surface area (Å²) in [6.07, 6.45) is -2.61. The molecule has 4 heterocycles. The molecule has 1 atom stereocenters. The largest absolute Gasteiger partial charge is 0.453 e. The highest BCUT2D eigenvalue weighted by molar-refractivity contribution is 5.90. The van der Waals surface area contributed by atoms with Gasteiger partial charge in [0.05, 0.1) is 17.0 Å². The Balaban J connectivity index is 1.19. The maximum Gasteiger partial charge on any atom is 0.416 e. The number of halogens is 4. The number of amides is 2. The lowest BCUT2D eigenvalue weighted by Crippen LogP contribution is -2.45. The van der Waals surface area contributed by atoms with Gasteiger partial charge in [-0.1, -0.05) is 13.0 Å². The van der Waals surface area contributed by atoms with E-state index >= 15 is 4.39 Å². The monoisotopic (exact) mass is 624 g/mol. The fraction of sp³-hybridized carbons (Fsp3) is 0.394. The smallest absolute Gasteiger partial charge is 0.416 e. The van der Waals surface area contributed by atoms with E-state index in [4.69, 9.17) is 4.74 Å². The highest BCUT2D eigenvalue weighted by Crippen LogP contribution is 2.38. The van der Waals surface area contributed by atoms with Crippen LogP contribution < -0.4 is 10.1 Å². The first kappa shape index (κ1) is 30.8. The Morgan fingerprint density at radius 1 is 1.04 bits per heavy atom. The van der Waals surface area contributed by atoms with Crippen LogP contribution in [-0.2, 0) is 19.1 Å². The maximum atomic E-state index is 15.1. The van der Waals surface area contributed by atoms with Gasteiger partial charge in [0, 0.05) is 56.8 Å². The van der Waals surface area contributed by atoms with Gasteiger partial charge in [-0.2, -0.15) is 13.2 Å². The number of likely N-dealkylation sites (N-methyl/N-ethyl adjacent to an activating group) is 1. The highest BCUT2D eigenvalue weighted by Gasteiger charge is 2.35. The zero-order valence-electron chi connectivity index (χ0n) is 25.5. The number of hydrogen-bond acceptors (Lipinski definition) is 5. The lowest BCUT2D eigenvalue weighted by atomic mass is 9.93. The first-order chi connectivity index (χ1) is 21.5. The van der Waals surface area contributed by atoms with Crippen LogP contribution in [0, 0.1) is 12.7 Å². The summed E-state index contributed by atoms with van der Waals surface area (Å²) >= 11 is 0. The van der Waals surface area contributed by atoms with Gasteiger partial charge in [-0.25, -0.2) is 14.2 Å². The van der Waals surface area contributed by atoms with Gasteiger partial charge < -0.3 is 24.8 Å². The SMILES string of the molecule is CCN1CCN(Cc2ccc(NC(=O)N3CCc4cc(F)c(Oc5ccnc6[nH]c(C)cc56)cc4C3C)cc2C(F)(F)F)CC1. The molecule has 0 spiro atoms. The summed E-state index contributed by atoms with van der Waals surface area (Å²) in [4.78, 5) is 26.7. The van der Waals surface area contributed by atoms with Gasteiger partial charge in [-0.15, -0.1) is 0 Å². The Bertz CT molecular complexity index is 1710. The zero-order valence-corrected chi connectivity index (χ0v) is 25.5. The minimum atomic E-state index is -4.57. The third-order valence-electron chi connectivity index (χ3n) is 8.81. The van der Waals surface area contributed by atoms with Gasteiger partial charge in [0.15, 0.2) is 11.6 Å². The van der Waals surface area contributed by atoms with E-state index in [9.17, 15) is 18.0 Å². The van der Waals surface area contributed by atoms with Crippen LogP contribution >= 0.6 is 0 Å². The fourth-order valence-electron chi connectivity index (χ4n) is 6.27. The van der Waals surface area contributed by atoms with Crippen LogP contribution in [0.5, 0.6) is 11.5 Å². The molecule has 2 aliphatic rings. The van der Waals surface area contributed by atoms with Gasteiger partial charge in [-0.3, -0.25) is 4.90 Å². The molecule has 12 heteroatoms. The molecule has 1 unspecified atom stereocenters. The number of nitrogens with zero attached hydrogens (tertiary/aromatic N) is 4. The molecule has 0 saturated carbocycles. The number of nitrogens with one attached hydrogen (secondary N) is 2. The molecular weight excluding hydrogens is 588 g/mol. The summed E-state index contributed by atoms with van der Waals surface area (Å²) in [5, 5.41) is 3.38. The van der Waals surface area contributed by atoms with E-state index in [0.717, 1.165) is 37.0 Å². The van der Waals surface area contributed by atoms with Gasteiger partial charge in [-0.05, 0) is 79.9 Å². The van der Waals surface area contributed by atoms with E-state index in [-0.39, 0.29) is 30.1 Å². The number of anilines is 1. The molecule has 0 bridgehead atoms. The number of urea groups is 1. The van der Waals surface area contributed by atoms with E-state index in [2.05, 4.69) is 27.1 Å². The van der Waals surface area contributed by atoms with E-state index < -0.39 is 29.6 Å². The predicted molar refractivity (Wildman–Crippen MR) is 164 cm³/mol. The van der Waals surface area contributed by atoms with Crippen molar-refractivity contribution in [3.63, 3.8) is 0 Å². The molecule has 2 aromatic heterocycles. The Hall–Kier alpha value is -4.16. The number of fused-ring (bicyclic) bond motifs is 2. The summed E-state index contributed by atoms with van der Waals surface area (Å²) in [6, 6.07) is 9.52. The van der Waals surface area contributed by atoms with Crippen LogP contribution in [0.25, 0.3) is 11.0 Å². The molecule has 0 aliphatic carbocycles. The van der Waals surface area contributed by atoms with Crippen molar-refractivity contribution in [1.82, 2.24) is 24.7 Å². The topological polar surface area (TPSA) is 76.7 Å². The molecule has 6 rings (SSSR count). The predicted octanol–water partition coefficient (Wildman–Crippen LogP) is 7.11. The Morgan fingerprint density at radius 3 is 2.53 bits per heavy atom. The molecule has 2 amide bonds. The lowest BCUT2D eigenvalue weighted by Gasteiger charge is -2.35. The van der Waals surface area contributed by atoms with Crippen molar-refractivity contribution in [2.75, 3.05) is 44.6 Å². The maximum absolute atomic E-state index is 15.1. The Labute approximate surface area is 259 Å².